The average Bonchev–Trinajstić information content (AvgIpc) is 3.43. The monoisotopic (exact) mass is 1110 g/mol. The molecule has 0 aliphatic carbocycles. The van der Waals surface area contributed by atoms with Crippen LogP contribution in [0.15, 0.2) is 60.8 Å². The van der Waals surface area contributed by atoms with Gasteiger partial charge in [-0.3, -0.25) is 14.4 Å². The minimum atomic E-state index is -1.91. The molecule has 1 aliphatic heterocycles. The smallest absolute Gasteiger partial charge is 0.335 e. The molecule has 0 amide bonds. The number of hydrogen-bond donors (Lipinski definition) is 3. The van der Waals surface area contributed by atoms with Gasteiger partial charge >= 0.3 is 23.9 Å². The number of hydrogen-bond acceptors (Lipinski definition) is 11. The third kappa shape index (κ3) is 44.7. The van der Waals surface area contributed by atoms with Gasteiger partial charge in [0.1, 0.15) is 18.8 Å². The van der Waals surface area contributed by atoms with Crippen molar-refractivity contribution in [2.24, 2.45) is 0 Å². The van der Waals surface area contributed by atoms with E-state index in [2.05, 4.69) is 81.5 Å². The first-order valence-corrected chi connectivity index (χ1v) is 32.3. The van der Waals surface area contributed by atoms with E-state index in [1.807, 2.05) is 0 Å². The number of allylic oxidation sites excluding steroid dienone is 10. The molecule has 1 fully saturated rings. The number of aliphatic hydroxyl groups excluding tert-OH is 2. The minimum Gasteiger partial charge on any atom is -0.479 e. The predicted molar refractivity (Wildman–Crippen MR) is 322 cm³/mol. The number of unbranched alkanes of at least 4 members (excludes halogenated alkanes) is 31. The molecule has 12 heteroatoms. The normalized spacial score (nSPS) is 18.2. The number of esters is 3. The first-order chi connectivity index (χ1) is 38.6. The molecule has 6 unspecified atom stereocenters. The first-order valence-electron chi connectivity index (χ1n) is 32.3. The Balaban J connectivity index is 2.67. The molecule has 0 bridgehead atoms. The molecule has 456 valence electrons. The second kappa shape index (κ2) is 55.0. The Labute approximate surface area is 481 Å². The van der Waals surface area contributed by atoms with Crippen molar-refractivity contribution < 1.29 is 58.2 Å². The van der Waals surface area contributed by atoms with Crippen LogP contribution in [0.4, 0.5) is 0 Å². The lowest BCUT2D eigenvalue weighted by atomic mass is 9.98. The maximum Gasteiger partial charge on any atom is 0.335 e. The van der Waals surface area contributed by atoms with Crippen LogP contribution in [-0.2, 0) is 42.9 Å². The summed E-state index contributed by atoms with van der Waals surface area (Å²) < 4.78 is 28.5. The molecule has 1 heterocycles. The zero-order valence-electron chi connectivity index (χ0n) is 50.4. The van der Waals surface area contributed by atoms with Crippen molar-refractivity contribution in [2.45, 2.75) is 327 Å². The van der Waals surface area contributed by atoms with E-state index in [-0.39, 0.29) is 25.9 Å². The highest BCUT2D eigenvalue weighted by molar-refractivity contribution is 5.74. The van der Waals surface area contributed by atoms with E-state index in [0.29, 0.717) is 19.3 Å². The molecule has 79 heavy (non-hydrogen) atoms. The zero-order valence-corrected chi connectivity index (χ0v) is 50.4. The third-order valence-electron chi connectivity index (χ3n) is 14.6. The Morgan fingerprint density at radius 2 is 0.797 bits per heavy atom. The van der Waals surface area contributed by atoms with Crippen molar-refractivity contribution >= 4 is 23.9 Å². The molecule has 3 N–H and O–H groups in total. The van der Waals surface area contributed by atoms with Crippen LogP contribution in [-0.4, -0.2) is 89.2 Å². The van der Waals surface area contributed by atoms with Crippen LogP contribution < -0.4 is 0 Å². The van der Waals surface area contributed by atoms with Crippen LogP contribution >= 0.6 is 0 Å². The summed E-state index contributed by atoms with van der Waals surface area (Å²) in [5.74, 6) is -3.13. The molecule has 6 atom stereocenters. The van der Waals surface area contributed by atoms with E-state index < -0.39 is 67.3 Å². The molecule has 12 nitrogen and oxygen atoms in total. The zero-order chi connectivity index (χ0) is 57.5. The number of carbonyl (C=O) groups excluding carboxylic acids is 3. The van der Waals surface area contributed by atoms with Crippen LogP contribution in [0, 0.1) is 0 Å². The van der Waals surface area contributed by atoms with E-state index in [0.717, 1.165) is 96.3 Å². The van der Waals surface area contributed by atoms with E-state index in [9.17, 15) is 34.5 Å². The molecule has 0 saturated carbocycles. The lowest BCUT2D eigenvalue weighted by Crippen LogP contribution is -2.61. The molecular weight excluding hydrogens is 997 g/mol. The van der Waals surface area contributed by atoms with E-state index in [1.165, 1.54) is 135 Å². The van der Waals surface area contributed by atoms with Crippen molar-refractivity contribution in [3.8, 4) is 0 Å². The van der Waals surface area contributed by atoms with Crippen LogP contribution in [0.1, 0.15) is 290 Å². The Morgan fingerprint density at radius 1 is 0.430 bits per heavy atom. The van der Waals surface area contributed by atoms with Crippen molar-refractivity contribution in [3.05, 3.63) is 60.8 Å². The number of rotatable bonds is 55. The molecule has 0 spiro atoms. The summed E-state index contributed by atoms with van der Waals surface area (Å²) in [6.45, 7) is 5.90. The Hall–Kier alpha value is -3.58. The van der Waals surface area contributed by atoms with E-state index >= 15 is 0 Å². The number of carboxylic acid groups (broad SMARTS) is 1. The summed E-state index contributed by atoms with van der Waals surface area (Å²) in [5.41, 5.74) is 0. The lowest BCUT2D eigenvalue weighted by molar-refractivity contribution is -0.301. The largest absolute Gasteiger partial charge is 0.479 e. The van der Waals surface area contributed by atoms with Crippen LogP contribution in [0.5, 0.6) is 0 Å². The van der Waals surface area contributed by atoms with Crippen LogP contribution in [0.25, 0.3) is 0 Å². The molecule has 0 aromatic rings. The van der Waals surface area contributed by atoms with E-state index in [1.54, 1.807) is 0 Å². The maximum absolute atomic E-state index is 13.2. The van der Waals surface area contributed by atoms with Crippen molar-refractivity contribution in [1.82, 2.24) is 0 Å². The number of aliphatic carboxylic acids is 1. The standard InChI is InChI=1S/C67H116O12/c1-4-7-10-13-16-19-22-25-28-30-33-35-38-41-44-47-50-53-59(68)75-56-58(77-60(69)54-51-48-45-42-39-36-32-27-24-21-18-15-12-9-6-3)57-76-67-65(63(72)62(71)64(79-67)66(73)74)78-61(70)55-52-49-46-43-40-37-34-31-29-26-23-20-17-14-11-8-5-2/h8,11,17,20,25-26,28-29,34,37,58,62-65,67,71-72H,4-7,9-10,12-16,18-19,21-24,27,30-33,35-36,38-57H2,1-3H3,(H,73,74)/b11-8-,20-17-,28-25-,29-26-,37-34-. The third-order valence-corrected chi connectivity index (χ3v) is 14.6. The predicted octanol–water partition coefficient (Wildman–Crippen LogP) is 17.1. The highest BCUT2D eigenvalue weighted by Gasteiger charge is 2.50. The highest BCUT2D eigenvalue weighted by atomic mass is 16.7. The summed E-state index contributed by atoms with van der Waals surface area (Å²) in [6.07, 6.45) is 56.0. The molecular formula is C67H116O12. The van der Waals surface area contributed by atoms with Gasteiger partial charge in [0.2, 0.25) is 0 Å². The molecule has 1 rings (SSSR count). The Kier molecular flexibility index (Phi) is 51.1. The SMILES string of the molecule is CC/C=C\C/C=C\C/C=C\C/C=C\CCCCCCC(=O)OC1C(OCC(COC(=O)CCCCCCCCC/C=C\CCCCCCCC)OC(=O)CCCCCCCCCCCCCCCCC)OC(C(=O)O)C(O)C1O. The quantitative estimate of drug-likeness (QED) is 0.0228. The second-order valence-corrected chi connectivity index (χ2v) is 22.0. The van der Waals surface area contributed by atoms with Gasteiger partial charge in [-0.25, -0.2) is 4.79 Å². The summed E-state index contributed by atoms with van der Waals surface area (Å²) in [4.78, 5) is 51.3. The molecule has 0 radical (unpaired) electrons. The lowest BCUT2D eigenvalue weighted by Gasteiger charge is -2.40. The van der Waals surface area contributed by atoms with Crippen molar-refractivity contribution in [2.75, 3.05) is 13.2 Å². The minimum absolute atomic E-state index is 0.0329. The van der Waals surface area contributed by atoms with Crippen LogP contribution in [0.2, 0.25) is 0 Å². The number of carbonyl (C=O) groups is 4. The summed E-state index contributed by atoms with van der Waals surface area (Å²) >= 11 is 0. The number of carboxylic acids is 1. The molecule has 0 aromatic heterocycles. The van der Waals surface area contributed by atoms with Gasteiger partial charge in [0.05, 0.1) is 6.61 Å². The fourth-order valence-electron chi connectivity index (χ4n) is 9.65. The van der Waals surface area contributed by atoms with Gasteiger partial charge in [0.15, 0.2) is 24.6 Å². The summed E-state index contributed by atoms with van der Waals surface area (Å²) in [6, 6.07) is 0. The Bertz CT molecular complexity index is 1600. The molecule has 1 aliphatic rings. The van der Waals surface area contributed by atoms with Gasteiger partial charge in [0, 0.05) is 19.3 Å². The van der Waals surface area contributed by atoms with Gasteiger partial charge in [-0.05, 0) is 83.5 Å². The first kappa shape index (κ1) is 73.4. The summed E-state index contributed by atoms with van der Waals surface area (Å²) in [7, 11) is 0. The number of ether oxygens (including phenoxy) is 5. The second-order valence-electron chi connectivity index (χ2n) is 22.0. The van der Waals surface area contributed by atoms with Crippen molar-refractivity contribution in [3.63, 3.8) is 0 Å². The van der Waals surface area contributed by atoms with Crippen molar-refractivity contribution in [1.29, 1.82) is 0 Å². The van der Waals surface area contributed by atoms with Crippen LogP contribution in [0.3, 0.4) is 0 Å². The Morgan fingerprint density at radius 3 is 1.23 bits per heavy atom. The fourth-order valence-corrected chi connectivity index (χ4v) is 9.65. The van der Waals surface area contributed by atoms with Gasteiger partial charge in [-0.2, -0.15) is 0 Å². The highest BCUT2D eigenvalue weighted by Crippen LogP contribution is 2.27. The molecule has 1 saturated heterocycles. The molecule has 0 aromatic carbocycles. The summed E-state index contributed by atoms with van der Waals surface area (Å²) in [5, 5.41) is 31.6. The fraction of sp³-hybridized carbons (Fsp3) is 0.791. The van der Waals surface area contributed by atoms with E-state index in [4.69, 9.17) is 23.7 Å². The topological polar surface area (TPSA) is 175 Å². The average molecular weight is 1110 g/mol. The van der Waals surface area contributed by atoms with Gasteiger partial charge in [-0.1, -0.05) is 248 Å². The maximum atomic E-state index is 13.2. The van der Waals surface area contributed by atoms with Gasteiger partial charge in [-0.15, -0.1) is 0 Å². The van der Waals surface area contributed by atoms with Gasteiger partial charge in [0.25, 0.3) is 0 Å². The number of aliphatic hydroxyl groups is 2. The van der Waals surface area contributed by atoms with Gasteiger partial charge < -0.3 is 39.0 Å².